The van der Waals surface area contributed by atoms with E-state index in [0.717, 1.165) is 49.4 Å². The molecule has 0 heterocycles. The topological polar surface area (TPSA) is 17.1 Å². The first-order valence-electron chi connectivity index (χ1n) is 13.2. The van der Waals surface area contributed by atoms with Crippen LogP contribution >= 0.6 is 0 Å². The van der Waals surface area contributed by atoms with Crippen molar-refractivity contribution in [1.82, 2.24) is 0 Å². The number of hydrogen-bond donors (Lipinski definition) is 0. The minimum atomic E-state index is 0.499. The first-order valence-corrected chi connectivity index (χ1v) is 13.2. The van der Waals surface area contributed by atoms with Crippen LogP contribution in [0.1, 0.15) is 139 Å². The smallest absolute Gasteiger partial charge is 0.132 e. The van der Waals surface area contributed by atoms with Gasteiger partial charge in [-0.2, -0.15) is 0 Å². The summed E-state index contributed by atoms with van der Waals surface area (Å²) in [5.74, 6) is 5.18. The lowest BCUT2D eigenvalue weighted by Gasteiger charge is -2.22. The summed E-state index contributed by atoms with van der Waals surface area (Å²) in [6, 6.07) is 0. The Bertz CT molecular complexity index is 388. The third-order valence-corrected chi connectivity index (χ3v) is 6.88. The molecule has 0 aromatic carbocycles. The largest absolute Gasteiger partial charge is 0.300 e. The molecule has 0 unspecified atom stereocenters. The second-order valence-corrected chi connectivity index (χ2v) is 11.1. The fourth-order valence-electron chi connectivity index (χ4n) is 5.40. The first-order chi connectivity index (χ1) is 13.7. The molecule has 0 spiro atoms. The summed E-state index contributed by atoms with van der Waals surface area (Å²) in [7, 11) is 0. The minimum Gasteiger partial charge on any atom is -0.300 e. The Labute approximate surface area is 185 Å². The molecule has 0 saturated heterocycles. The zero-order valence-electron chi connectivity index (χ0n) is 21.6. The molecule has 0 amide bonds. The van der Waals surface area contributed by atoms with Crippen molar-refractivity contribution in [3.05, 3.63) is 0 Å². The van der Waals surface area contributed by atoms with Crippen LogP contribution in [0.2, 0.25) is 0 Å². The Kier molecular flexibility index (Phi) is 17.2. The van der Waals surface area contributed by atoms with Crippen LogP contribution in [0.3, 0.4) is 0 Å². The van der Waals surface area contributed by atoms with E-state index in [2.05, 4.69) is 55.4 Å². The molecule has 0 aliphatic carbocycles. The monoisotopic (exact) mass is 408 g/mol. The summed E-state index contributed by atoms with van der Waals surface area (Å²) in [6.07, 6.45) is 15.7. The lowest BCUT2D eigenvalue weighted by molar-refractivity contribution is -0.119. The Morgan fingerprint density at radius 2 is 0.897 bits per heavy atom. The normalized spacial score (nSPS) is 18.1. The zero-order chi connectivity index (χ0) is 22.2. The summed E-state index contributed by atoms with van der Waals surface area (Å²) in [4.78, 5) is 12.4. The fourth-order valence-corrected chi connectivity index (χ4v) is 5.40. The molecule has 0 aliphatic heterocycles. The van der Waals surface area contributed by atoms with Crippen molar-refractivity contribution < 1.29 is 4.79 Å². The van der Waals surface area contributed by atoms with E-state index < -0.39 is 0 Å². The summed E-state index contributed by atoms with van der Waals surface area (Å²) in [6.45, 7) is 18.9. The number of Topliss-reactive ketones (excluding diaryl/α,β-unsaturated/α-hetero) is 1. The van der Waals surface area contributed by atoms with Gasteiger partial charge in [0.25, 0.3) is 0 Å². The van der Waals surface area contributed by atoms with Crippen LogP contribution in [0.5, 0.6) is 0 Å². The third kappa shape index (κ3) is 17.1. The van der Waals surface area contributed by atoms with Gasteiger partial charge in [-0.15, -0.1) is 0 Å². The molecule has 174 valence electrons. The van der Waals surface area contributed by atoms with Crippen LogP contribution in [0.15, 0.2) is 0 Å². The Morgan fingerprint density at radius 1 is 0.517 bits per heavy atom. The SMILES string of the molecule is CCCC[C@H](C)C[C@H](C)CCC(=O)CC[C@H](C)C[C@@H](C)C[C@H](C)C[C@@H](C)CCC. The van der Waals surface area contributed by atoms with Crippen molar-refractivity contribution in [2.24, 2.45) is 35.5 Å². The average molecular weight is 409 g/mol. The number of carbonyl (C=O) groups excluding carboxylic acids is 1. The van der Waals surface area contributed by atoms with Crippen molar-refractivity contribution in [3.63, 3.8) is 0 Å². The van der Waals surface area contributed by atoms with E-state index in [9.17, 15) is 4.79 Å². The Hall–Kier alpha value is -0.330. The molecule has 0 aromatic rings. The molecule has 1 nitrogen and oxygen atoms in total. The molecule has 0 aliphatic rings. The van der Waals surface area contributed by atoms with Crippen LogP contribution in [-0.4, -0.2) is 5.78 Å². The van der Waals surface area contributed by atoms with Gasteiger partial charge < -0.3 is 0 Å². The van der Waals surface area contributed by atoms with Crippen molar-refractivity contribution in [3.8, 4) is 0 Å². The van der Waals surface area contributed by atoms with Crippen LogP contribution in [0.4, 0.5) is 0 Å². The molecule has 6 atom stereocenters. The van der Waals surface area contributed by atoms with E-state index >= 15 is 0 Å². The highest BCUT2D eigenvalue weighted by Gasteiger charge is 2.16. The summed E-state index contributed by atoms with van der Waals surface area (Å²) in [5, 5.41) is 0. The predicted molar refractivity (Wildman–Crippen MR) is 131 cm³/mol. The lowest BCUT2D eigenvalue weighted by atomic mass is 9.83. The maximum absolute atomic E-state index is 12.4. The molecule has 0 radical (unpaired) electrons. The quantitative estimate of drug-likeness (QED) is 0.208. The van der Waals surface area contributed by atoms with Crippen LogP contribution in [-0.2, 0) is 4.79 Å². The molecule has 0 saturated carbocycles. The molecule has 0 aromatic heterocycles. The van der Waals surface area contributed by atoms with Gasteiger partial charge in [0, 0.05) is 12.8 Å². The van der Waals surface area contributed by atoms with Crippen molar-refractivity contribution in [2.45, 2.75) is 139 Å². The van der Waals surface area contributed by atoms with E-state index in [4.69, 9.17) is 0 Å². The van der Waals surface area contributed by atoms with Gasteiger partial charge >= 0.3 is 0 Å². The van der Waals surface area contributed by atoms with Crippen LogP contribution < -0.4 is 0 Å². The van der Waals surface area contributed by atoms with Crippen molar-refractivity contribution in [2.75, 3.05) is 0 Å². The fraction of sp³-hybridized carbons (Fsp3) is 0.964. The van der Waals surface area contributed by atoms with E-state index in [1.54, 1.807) is 0 Å². The van der Waals surface area contributed by atoms with E-state index in [0.29, 0.717) is 17.6 Å². The third-order valence-electron chi connectivity index (χ3n) is 6.88. The van der Waals surface area contributed by atoms with E-state index in [1.165, 1.54) is 57.8 Å². The predicted octanol–water partition coefficient (Wildman–Crippen LogP) is 9.48. The number of hydrogen-bond acceptors (Lipinski definition) is 1. The molecule has 29 heavy (non-hydrogen) atoms. The van der Waals surface area contributed by atoms with Gasteiger partial charge in [-0.05, 0) is 74.0 Å². The lowest BCUT2D eigenvalue weighted by Crippen LogP contribution is -2.12. The Balaban J connectivity index is 3.94. The Morgan fingerprint density at radius 3 is 1.34 bits per heavy atom. The minimum absolute atomic E-state index is 0.499. The summed E-state index contributed by atoms with van der Waals surface area (Å²) in [5.41, 5.74) is 0. The molecular formula is C28H56O. The van der Waals surface area contributed by atoms with Gasteiger partial charge in [0.2, 0.25) is 0 Å². The highest BCUT2D eigenvalue weighted by atomic mass is 16.1. The first kappa shape index (κ1) is 28.7. The van der Waals surface area contributed by atoms with Gasteiger partial charge in [-0.25, -0.2) is 0 Å². The van der Waals surface area contributed by atoms with Gasteiger partial charge in [-0.1, -0.05) is 87.5 Å². The average Bonchev–Trinajstić information content (AvgIpc) is 2.62. The van der Waals surface area contributed by atoms with Crippen LogP contribution in [0, 0.1) is 35.5 Å². The van der Waals surface area contributed by atoms with Gasteiger partial charge in [0.05, 0.1) is 0 Å². The van der Waals surface area contributed by atoms with Gasteiger partial charge in [-0.3, -0.25) is 4.79 Å². The molecule has 0 fully saturated rings. The van der Waals surface area contributed by atoms with Crippen LogP contribution in [0.25, 0.3) is 0 Å². The number of carbonyl (C=O) groups is 1. The number of unbranched alkanes of at least 4 members (excludes halogenated alkanes) is 1. The molecule has 0 bridgehead atoms. The summed E-state index contributed by atoms with van der Waals surface area (Å²) >= 11 is 0. The maximum atomic E-state index is 12.4. The maximum Gasteiger partial charge on any atom is 0.132 e. The standard InChI is InChI=1S/C28H56O/c1-9-11-13-23(4)18-24(5)14-16-28(29)17-15-25(6)20-27(8)21-26(7)19-22(3)12-10-2/h22-27H,9-21H2,1-8H3/t22-,23-,24+,25-,26+,27+/m0/s1. The van der Waals surface area contributed by atoms with Gasteiger partial charge in [0.1, 0.15) is 5.78 Å². The number of rotatable bonds is 19. The van der Waals surface area contributed by atoms with E-state index in [-0.39, 0.29) is 0 Å². The van der Waals surface area contributed by atoms with Crippen molar-refractivity contribution in [1.29, 1.82) is 0 Å². The number of ketones is 1. The second kappa shape index (κ2) is 17.4. The zero-order valence-corrected chi connectivity index (χ0v) is 21.6. The van der Waals surface area contributed by atoms with Crippen molar-refractivity contribution >= 4 is 5.78 Å². The molecule has 0 N–H and O–H groups in total. The highest BCUT2D eigenvalue weighted by molar-refractivity contribution is 5.78. The van der Waals surface area contributed by atoms with E-state index in [1.807, 2.05) is 0 Å². The molecular weight excluding hydrogens is 352 g/mol. The molecule has 1 heteroatoms. The second-order valence-electron chi connectivity index (χ2n) is 11.1. The van der Waals surface area contributed by atoms with Gasteiger partial charge in [0.15, 0.2) is 0 Å². The summed E-state index contributed by atoms with van der Waals surface area (Å²) < 4.78 is 0. The highest BCUT2D eigenvalue weighted by Crippen LogP contribution is 2.27. The molecule has 0 rings (SSSR count).